The number of anilines is 1. The molecule has 0 aromatic heterocycles. The molecule has 0 heterocycles. The van der Waals surface area contributed by atoms with Crippen molar-refractivity contribution < 1.29 is 19.1 Å². The number of rotatable bonds is 6. The van der Waals surface area contributed by atoms with Crippen molar-refractivity contribution in [3.63, 3.8) is 0 Å². The van der Waals surface area contributed by atoms with Crippen LogP contribution in [-0.4, -0.2) is 25.6 Å². The van der Waals surface area contributed by atoms with Crippen LogP contribution < -0.4 is 10.1 Å². The monoisotopic (exact) mass is 506 g/mol. The van der Waals surface area contributed by atoms with E-state index in [9.17, 15) is 14.9 Å². The standard InChI is InChI=1S/C20H16Br2N2O4/c1-12-4-3-5-15(6-12)24-20(26)14(10-23)7-13-8-16(21)19(17(22)9-13)28-11-18(25)27-2/h3-9H,11H2,1-2H3,(H,24,26)/b14-7-. The van der Waals surface area contributed by atoms with Crippen molar-refractivity contribution in [2.75, 3.05) is 19.0 Å². The van der Waals surface area contributed by atoms with Gasteiger partial charge in [0, 0.05) is 5.69 Å². The Hall–Kier alpha value is -2.63. The molecule has 0 spiro atoms. The van der Waals surface area contributed by atoms with Crippen molar-refractivity contribution in [2.24, 2.45) is 0 Å². The Morgan fingerprint density at radius 2 is 1.89 bits per heavy atom. The van der Waals surface area contributed by atoms with Gasteiger partial charge in [0.25, 0.3) is 5.91 Å². The summed E-state index contributed by atoms with van der Waals surface area (Å²) in [5.74, 6) is -0.612. The molecule has 144 valence electrons. The second kappa shape index (κ2) is 10.1. The summed E-state index contributed by atoms with van der Waals surface area (Å²) in [5, 5.41) is 12.1. The van der Waals surface area contributed by atoms with Crippen LogP contribution in [0.3, 0.4) is 0 Å². The number of hydrogen-bond acceptors (Lipinski definition) is 5. The molecule has 28 heavy (non-hydrogen) atoms. The molecule has 0 aliphatic rings. The molecule has 2 rings (SSSR count). The lowest BCUT2D eigenvalue weighted by Gasteiger charge is -2.10. The fourth-order valence-electron chi connectivity index (χ4n) is 2.23. The minimum atomic E-state index is -0.512. The first-order valence-electron chi connectivity index (χ1n) is 8.02. The first kappa shape index (κ1) is 21.7. The van der Waals surface area contributed by atoms with Crippen molar-refractivity contribution in [3.05, 3.63) is 62.0 Å². The Labute approximate surface area is 179 Å². The highest BCUT2D eigenvalue weighted by Crippen LogP contribution is 2.35. The molecule has 0 aliphatic carbocycles. The zero-order chi connectivity index (χ0) is 20.7. The fourth-order valence-corrected chi connectivity index (χ4v) is 3.68. The van der Waals surface area contributed by atoms with Gasteiger partial charge in [-0.3, -0.25) is 4.79 Å². The number of methoxy groups -OCH3 is 1. The van der Waals surface area contributed by atoms with Gasteiger partial charge in [0.05, 0.1) is 16.1 Å². The number of esters is 1. The third kappa shape index (κ3) is 5.94. The summed E-state index contributed by atoms with van der Waals surface area (Å²) >= 11 is 6.72. The molecule has 0 saturated carbocycles. The Morgan fingerprint density at radius 3 is 2.46 bits per heavy atom. The number of hydrogen-bond donors (Lipinski definition) is 1. The minimum absolute atomic E-state index is 0.0523. The number of carbonyl (C=O) groups excluding carboxylic acids is 2. The molecule has 0 saturated heterocycles. The van der Waals surface area contributed by atoms with Gasteiger partial charge in [-0.2, -0.15) is 5.26 Å². The second-order valence-electron chi connectivity index (χ2n) is 5.67. The number of aryl methyl sites for hydroxylation is 1. The Kier molecular flexibility index (Phi) is 7.79. The van der Waals surface area contributed by atoms with Crippen LogP contribution in [0.15, 0.2) is 50.9 Å². The number of nitrogens with zero attached hydrogens (tertiary/aromatic N) is 1. The van der Waals surface area contributed by atoms with Crippen LogP contribution in [0.4, 0.5) is 5.69 Å². The van der Waals surface area contributed by atoms with Crippen LogP contribution >= 0.6 is 31.9 Å². The van der Waals surface area contributed by atoms with E-state index in [0.29, 0.717) is 25.9 Å². The summed E-state index contributed by atoms with van der Waals surface area (Å²) in [5.41, 5.74) is 2.15. The van der Waals surface area contributed by atoms with E-state index in [1.807, 2.05) is 31.2 Å². The normalized spacial score (nSPS) is 10.8. The molecule has 0 aliphatic heterocycles. The molecule has 0 bridgehead atoms. The number of nitriles is 1. The van der Waals surface area contributed by atoms with Gasteiger partial charge in [0.1, 0.15) is 17.4 Å². The van der Waals surface area contributed by atoms with Crippen LogP contribution in [0.1, 0.15) is 11.1 Å². The molecule has 6 nitrogen and oxygen atoms in total. The van der Waals surface area contributed by atoms with Gasteiger partial charge in [-0.15, -0.1) is 0 Å². The van der Waals surface area contributed by atoms with Gasteiger partial charge in [-0.25, -0.2) is 4.79 Å². The van der Waals surface area contributed by atoms with Crippen molar-refractivity contribution in [1.82, 2.24) is 0 Å². The molecule has 1 N–H and O–H groups in total. The van der Waals surface area contributed by atoms with E-state index in [1.54, 1.807) is 18.2 Å². The first-order valence-corrected chi connectivity index (χ1v) is 9.61. The van der Waals surface area contributed by atoms with Crippen molar-refractivity contribution in [2.45, 2.75) is 6.92 Å². The van der Waals surface area contributed by atoms with Crippen LogP contribution in [0, 0.1) is 18.3 Å². The average molecular weight is 508 g/mol. The molecule has 2 aromatic carbocycles. The summed E-state index contributed by atoms with van der Waals surface area (Å²) in [6.07, 6.45) is 1.46. The van der Waals surface area contributed by atoms with Crippen molar-refractivity contribution in [3.8, 4) is 11.8 Å². The SMILES string of the molecule is COC(=O)COc1c(Br)cc(/C=C(/C#N)C(=O)Nc2cccc(C)c2)cc1Br. The molecule has 0 unspecified atom stereocenters. The van der Waals surface area contributed by atoms with E-state index < -0.39 is 11.9 Å². The zero-order valence-electron chi connectivity index (χ0n) is 15.1. The van der Waals surface area contributed by atoms with Crippen LogP contribution in [0.25, 0.3) is 6.08 Å². The lowest BCUT2D eigenvalue weighted by Crippen LogP contribution is -2.13. The van der Waals surface area contributed by atoms with Crippen LogP contribution in [-0.2, 0) is 14.3 Å². The number of benzene rings is 2. The van der Waals surface area contributed by atoms with Gasteiger partial charge in [0.2, 0.25) is 0 Å². The molecule has 1 amide bonds. The summed E-state index contributed by atoms with van der Waals surface area (Å²) in [4.78, 5) is 23.6. The number of carbonyl (C=O) groups is 2. The maximum atomic E-state index is 12.4. The van der Waals surface area contributed by atoms with Gasteiger partial charge < -0.3 is 14.8 Å². The summed E-state index contributed by atoms with van der Waals surface area (Å²) in [7, 11) is 1.27. The minimum Gasteiger partial charge on any atom is -0.480 e. The lowest BCUT2D eigenvalue weighted by atomic mass is 10.1. The van der Waals surface area contributed by atoms with Gasteiger partial charge in [0.15, 0.2) is 6.61 Å². The van der Waals surface area contributed by atoms with Crippen LogP contribution in [0.2, 0.25) is 0 Å². The highest BCUT2D eigenvalue weighted by molar-refractivity contribution is 9.11. The molecule has 0 fully saturated rings. The molecular formula is C20H16Br2N2O4. The molecule has 2 aromatic rings. The van der Waals surface area contributed by atoms with Crippen molar-refractivity contribution in [1.29, 1.82) is 5.26 Å². The van der Waals surface area contributed by atoms with E-state index in [-0.39, 0.29) is 12.2 Å². The van der Waals surface area contributed by atoms with E-state index >= 15 is 0 Å². The third-order valence-electron chi connectivity index (χ3n) is 3.53. The topological polar surface area (TPSA) is 88.4 Å². The van der Waals surface area contributed by atoms with Crippen LogP contribution in [0.5, 0.6) is 5.75 Å². The first-order chi connectivity index (χ1) is 13.3. The van der Waals surface area contributed by atoms with Crippen molar-refractivity contribution >= 4 is 55.5 Å². The molecular weight excluding hydrogens is 492 g/mol. The lowest BCUT2D eigenvalue weighted by molar-refractivity contribution is -0.142. The molecule has 8 heteroatoms. The van der Waals surface area contributed by atoms with Gasteiger partial charge >= 0.3 is 5.97 Å². The number of amides is 1. The van der Waals surface area contributed by atoms with E-state index in [1.165, 1.54) is 13.2 Å². The highest BCUT2D eigenvalue weighted by Gasteiger charge is 2.14. The largest absolute Gasteiger partial charge is 0.480 e. The Morgan fingerprint density at radius 1 is 1.21 bits per heavy atom. The summed E-state index contributed by atoms with van der Waals surface area (Å²) < 4.78 is 11.1. The average Bonchev–Trinajstić information content (AvgIpc) is 2.65. The Bertz CT molecular complexity index is 957. The maximum absolute atomic E-state index is 12.4. The number of ether oxygens (including phenoxy) is 2. The highest BCUT2D eigenvalue weighted by atomic mass is 79.9. The summed E-state index contributed by atoms with van der Waals surface area (Å²) in [6, 6.07) is 12.6. The van der Waals surface area contributed by atoms with E-state index in [0.717, 1.165) is 5.56 Å². The molecule has 0 radical (unpaired) electrons. The van der Waals surface area contributed by atoms with Gasteiger partial charge in [-0.05, 0) is 80.3 Å². The number of nitrogens with one attached hydrogen (secondary N) is 1. The van der Waals surface area contributed by atoms with E-state index in [2.05, 4.69) is 41.9 Å². The molecule has 0 atom stereocenters. The fraction of sp³-hybridized carbons (Fsp3) is 0.150. The van der Waals surface area contributed by atoms with Gasteiger partial charge in [-0.1, -0.05) is 12.1 Å². The van der Waals surface area contributed by atoms with E-state index in [4.69, 9.17) is 4.74 Å². The zero-order valence-corrected chi connectivity index (χ0v) is 18.3. The predicted molar refractivity (Wildman–Crippen MR) is 113 cm³/mol. The third-order valence-corrected chi connectivity index (χ3v) is 4.71. The number of halogens is 2. The summed E-state index contributed by atoms with van der Waals surface area (Å²) in [6.45, 7) is 1.67. The quantitative estimate of drug-likeness (QED) is 0.350. The Balaban J connectivity index is 2.22. The maximum Gasteiger partial charge on any atom is 0.343 e. The smallest absolute Gasteiger partial charge is 0.343 e. The second-order valence-corrected chi connectivity index (χ2v) is 7.38. The predicted octanol–water partition coefficient (Wildman–Crippen LogP) is 4.62.